The number of nitrogens with one attached hydrogen (secondary N) is 1. The van der Waals surface area contributed by atoms with Crippen molar-refractivity contribution in [3.05, 3.63) is 111 Å². The van der Waals surface area contributed by atoms with Gasteiger partial charge in [-0.05, 0) is 59.9 Å². The zero-order valence-corrected chi connectivity index (χ0v) is 20.3. The van der Waals surface area contributed by atoms with E-state index in [9.17, 15) is 4.79 Å². The summed E-state index contributed by atoms with van der Waals surface area (Å²) in [6.07, 6.45) is 3.10. The summed E-state index contributed by atoms with van der Waals surface area (Å²) in [5.41, 5.74) is 7.04. The zero-order valence-electron chi connectivity index (χ0n) is 18.7. The number of ketones is 1. The fraction of sp³-hybridized carbons (Fsp3) is 0.172. The van der Waals surface area contributed by atoms with Crippen LogP contribution in [0.4, 0.5) is 5.69 Å². The molecule has 1 aliphatic carbocycles. The Morgan fingerprint density at radius 2 is 1.85 bits per heavy atom. The van der Waals surface area contributed by atoms with Gasteiger partial charge >= 0.3 is 0 Å². The van der Waals surface area contributed by atoms with Crippen LogP contribution in [0.2, 0.25) is 0 Å². The first-order chi connectivity index (χ1) is 16.6. The van der Waals surface area contributed by atoms with Crippen LogP contribution in [0.15, 0.2) is 94.7 Å². The number of aromatic nitrogens is 1. The van der Waals surface area contributed by atoms with E-state index in [1.807, 2.05) is 42.5 Å². The fourth-order valence-corrected chi connectivity index (χ4v) is 5.87. The second-order valence-corrected chi connectivity index (χ2v) is 9.79. The average Bonchev–Trinajstić information content (AvgIpc) is 2.87. The van der Waals surface area contributed by atoms with Crippen LogP contribution in [0.5, 0.6) is 5.75 Å². The summed E-state index contributed by atoms with van der Waals surface area (Å²) in [7, 11) is 1.68. The number of rotatable bonds is 3. The third-order valence-electron chi connectivity index (χ3n) is 6.97. The van der Waals surface area contributed by atoms with E-state index in [1.54, 1.807) is 13.3 Å². The van der Waals surface area contributed by atoms with E-state index < -0.39 is 0 Å². The molecular formula is C29H23BrN2O2. The standard InChI is InChI=1S/C29H23BrN2O2/c1-34-26-12-9-19(30)16-21(26)28-27-20-8-5-13-31-22(20)10-11-23(27)32-24-14-18(15-25(33)29(24)28)17-6-3-2-4-7-17/h2-13,16,18,28,32H,14-15H2,1H3/t18-,28-/m1/s1. The Balaban J connectivity index is 1.60. The number of hydrogen-bond acceptors (Lipinski definition) is 4. The first kappa shape index (κ1) is 21.1. The van der Waals surface area contributed by atoms with Gasteiger partial charge in [0.25, 0.3) is 0 Å². The van der Waals surface area contributed by atoms with Gasteiger partial charge in [0, 0.05) is 50.9 Å². The molecule has 0 unspecified atom stereocenters. The number of methoxy groups -OCH3 is 1. The number of nitrogens with zero attached hydrogens (tertiary/aromatic N) is 1. The number of Topliss-reactive ketones (excluding diaryl/α,β-unsaturated/α-hetero) is 1. The average molecular weight is 511 g/mol. The van der Waals surface area contributed by atoms with E-state index >= 15 is 0 Å². The van der Waals surface area contributed by atoms with Crippen molar-refractivity contribution < 1.29 is 9.53 Å². The highest BCUT2D eigenvalue weighted by Gasteiger charge is 2.40. The van der Waals surface area contributed by atoms with Gasteiger partial charge < -0.3 is 10.1 Å². The molecular weight excluding hydrogens is 488 g/mol. The molecule has 1 aliphatic heterocycles. The van der Waals surface area contributed by atoms with Crippen LogP contribution in [-0.4, -0.2) is 17.9 Å². The Kier molecular flexibility index (Phi) is 5.22. The maximum Gasteiger partial charge on any atom is 0.162 e. The van der Waals surface area contributed by atoms with Gasteiger partial charge in [0.1, 0.15) is 5.75 Å². The number of halogens is 1. The predicted molar refractivity (Wildman–Crippen MR) is 138 cm³/mol. The number of carbonyl (C=O) groups excluding carboxylic acids is 1. The van der Waals surface area contributed by atoms with E-state index in [4.69, 9.17) is 4.74 Å². The maximum atomic E-state index is 13.9. The third-order valence-corrected chi connectivity index (χ3v) is 7.46. The van der Waals surface area contributed by atoms with Crippen LogP contribution < -0.4 is 10.1 Å². The third kappa shape index (κ3) is 3.43. The molecule has 0 saturated heterocycles. The first-order valence-electron chi connectivity index (χ1n) is 11.4. The quantitative estimate of drug-likeness (QED) is 0.323. The predicted octanol–water partition coefficient (Wildman–Crippen LogP) is 6.96. The van der Waals surface area contributed by atoms with E-state index in [0.29, 0.717) is 6.42 Å². The van der Waals surface area contributed by atoms with E-state index in [0.717, 1.165) is 55.6 Å². The Labute approximate surface area is 206 Å². The van der Waals surface area contributed by atoms with Crippen molar-refractivity contribution in [2.45, 2.75) is 24.7 Å². The van der Waals surface area contributed by atoms with Crippen molar-refractivity contribution in [3.63, 3.8) is 0 Å². The number of pyridine rings is 1. The Morgan fingerprint density at radius 1 is 1.00 bits per heavy atom. The highest BCUT2D eigenvalue weighted by Crippen LogP contribution is 2.51. The number of benzene rings is 3. The van der Waals surface area contributed by atoms with E-state index in [-0.39, 0.29) is 17.6 Å². The minimum atomic E-state index is -0.240. The van der Waals surface area contributed by atoms with Crippen LogP contribution >= 0.6 is 15.9 Å². The molecule has 4 nitrogen and oxygen atoms in total. The molecule has 2 atom stereocenters. The topological polar surface area (TPSA) is 51.2 Å². The molecule has 2 aliphatic rings. The molecule has 4 aromatic rings. The normalized spacial score (nSPS) is 19.4. The molecule has 0 fully saturated rings. The van der Waals surface area contributed by atoms with Crippen LogP contribution in [0.25, 0.3) is 10.9 Å². The highest BCUT2D eigenvalue weighted by molar-refractivity contribution is 9.10. The van der Waals surface area contributed by atoms with Gasteiger partial charge in [-0.2, -0.15) is 0 Å². The van der Waals surface area contributed by atoms with Crippen molar-refractivity contribution >= 4 is 38.3 Å². The van der Waals surface area contributed by atoms with Gasteiger partial charge in [-0.3, -0.25) is 9.78 Å². The number of fused-ring (bicyclic) bond motifs is 3. The second-order valence-electron chi connectivity index (χ2n) is 8.87. The van der Waals surface area contributed by atoms with Crippen LogP contribution in [0.3, 0.4) is 0 Å². The Bertz CT molecular complexity index is 1460. The molecule has 3 aromatic carbocycles. The lowest BCUT2D eigenvalue weighted by molar-refractivity contribution is -0.116. The van der Waals surface area contributed by atoms with Gasteiger partial charge in [0.2, 0.25) is 0 Å². The number of allylic oxidation sites excluding steroid dienone is 2. The van der Waals surface area contributed by atoms with Gasteiger partial charge in [0.15, 0.2) is 5.78 Å². The molecule has 1 N–H and O–H groups in total. The molecule has 5 heteroatoms. The lowest BCUT2D eigenvalue weighted by Gasteiger charge is -2.37. The van der Waals surface area contributed by atoms with Gasteiger partial charge in [0.05, 0.1) is 12.6 Å². The summed E-state index contributed by atoms with van der Waals surface area (Å²) >= 11 is 3.64. The summed E-state index contributed by atoms with van der Waals surface area (Å²) in [4.78, 5) is 18.4. The number of carbonyl (C=O) groups is 1. The van der Waals surface area contributed by atoms with Crippen LogP contribution in [-0.2, 0) is 4.79 Å². The molecule has 0 spiro atoms. The Hall–Kier alpha value is -3.44. The summed E-state index contributed by atoms with van der Waals surface area (Å²) in [6.45, 7) is 0. The number of hydrogen-bond donors (Lipinski definition) is 1. The minimum absolute atomic E-state index is 0.161. The molecule has 0 saturated carbocycles. The summed E-state index contributed by atoms with van der Waals surface area (Å²) in [5.74, 6) is 0.873. The van der Waals surface area contributed by atoms with Crippen LogP contribution in [0, 0.1) is 0 Å². The van der Waals surface area contributed by atoms with Crippen molar-refractivity contribution in [2.75, 3.05) is 12.4 Å². The lowest BCUT2D eigenvalue weighted by Crippen LogP contribution is -2.30. The molecule has 1 aromatic heterocycles. The van der Waals surface area contributed by atoms with Crippen molar-refractivity contribution in [1.29, 1.82) is 0 Å². The SMILES string of the molecule is COc1ccc(Br)cc1[C@H]1C2=C(C[C@@H](c3ccccc3)CC2=O)Nc2ccc3ncccc3c21. The molecule has 0 radical (unpaired) electrons. The van der Waals surface area contributed by atoms with Gasteiger partial charge in [-0.25, -0.2) is 0 Å². The minimum Gasteiger partial charge on any atom is -0.496 e. The Morgan fingerprint density at radius 3 is 2.68 bits per heavy atom. The van der Waals surface area contributed by atoms with Crippen molar-refractivity contribution in [1.82, 2.24) is 4.98 Å². The van der Waals surface area contributed by atoms with E-state index in [2.05, 4.69) is 56.6 Å². The largest absolute Gasteiger partial charge is 0.496 e. The zero-order chi connectivity index (χ0) is 23.2. The van der Waals surface area contributed by atoms with Crippen molar-refractivity contribution in [2.24, 2.45) is 0 Å². The number of anilines is 1. The van der Waals surface area contributed by atoms with E-state index in [1.165, 1.54) is 5.56 Å². The molecule has 6 rings (SSSR count). The first-order valence-corrected chi connectivity index (χ1v) is 12.2. The maximum absolute atomic E-state index is 13.9. The smallest absolute Gasteiger partial charge is 0.162 e. The molecule has 0 bridgehead atoms. The molecule has 34 heavy (non-hydrogen) atoms. The monoisotopic (exact) mass is 510 g/mol. The van der Waals surface area contributed by atoms with Crippen LogP contribution in [0.1, 0.15) is 41.4 Å². The lowest BCUT2D eigenvalue weighted by atomic mass is 9.71. The molecule has 0 amide bonds. The number of ether oxygens (including phenoxy) is 1. The summed E-state index contributed by atoms with van der Waals surface area (Å²) in [6, 6.07) is 24.5. The second kappa shape index (κ2) is 8.41. The highest BCUT2D eigenvalue weighted by atomic mass is 79.9. The summed E-state index contributed by atoms with van der Waals surface area (Å²) in [5, 5.41) is 4.70. The summed E-state index contributed by atoms with van der Waals surface area (Å²) < 4.78 is 6.75. The molecule has 168 valence electrons. The fourth-order valence-electron chi connectivity index (χ4n) is 5.49. The molecule has 2 heterocycles. The van der Waals surface area contributed by atoms with Gasteiger partial charge in [-0.1, -0.05) is 52.3 Å². The van der Waals surface area contributed by atoms with Gasteiger partial charge in [-0.15, -0.1) is 0 Å². The van der Waals surface area contributed by atoms with Crippen molar-refractivity contribution in [3.8, 4) is 5.75 Å².